The van der Waals surface area contributed by atoms with Gasteiger partial charge < -0.3 is 9.47 Å². The fourth-order valence-electron chi connectivity index (χ4n) is 3.22. The van der Waals surface area contributed by atoms with Gasteiger partial charge in [-0.3, -0.25) is 15.5 Å². The Balaban J connectivity index is 1.89. The van der Waals surface area contributed by atoms with Gasteiger partial charge in [-0.05, 0) is 35.9 Å². The fourth-order valence-corrected chi connectivity index (χ4v) is 3.22. The van der Waals surface area contributed by atoms with Gasteiger partial charge >= 0.3 is 0 Å². The third-order valence-electron chi connectivity index (χ3n) is 4.46. The quantitative estimate of drug-likeness (QED) is 0.758. The van der Waals surface area contributed by atoms with Crippen LogP contribution in [0.15, 0.2) is 48.8 Å². The summed E-state index contributed by atoms with van der Waals surface area (Å²) in [6.45, 7) is 0. The van der Waals surface area contributed by atoms with Crippen LogP contribution in [0.4, 0.5) is 0 Å². The Labute approximate surface area is 149 Å². The zero-order valence-electron chi connectivity index (χ0n) is 13.9. The van der Waals surface area contributed by atoms with Crippen LogP contribution in [0.2, 0.25) is 0 Å². The van der Waals surface area contributed by atoms with Crippen LogP contribution < -0.4 is 9.47 Å². The zero-order valence-corrected chi connectivity index (χ0v) is 13.9. The maximum absolute atomic E-state index is 9.65. The molecule has 2 atom stereocenters. The second kappa shape index (κ2) is 6.33. The van der Waals surface area contributed by atoms with Crippen molar-refractivity contribution in [3.63, 3.8) is 0 Å². The van der Waals surface area contributed by atoms with Gasteiger partial charge in [-0.1, -0.05) is 6.07 Å². The van der Waals surface area contributed by atoms with Crippen LogP contribution in [-0.2, 0) is 0 Å². The largest absolute Gasteiger partial charge is 0.497 e. The highest BCUT2D eigenvalue weighted by molar-refractivity contribution is 5.86. The lowest BCUT2D eigenvalue weighted by Crippen LogP contribution is -2.30. The molecular weight excluding hydrogens is 330 g/mol. The van der Waals surface area contributed by atoms with Crippen molar-refractivity contribution in [2.24, 2.45) is 5.92 Å². The number of methoxy groups -OCH3 is 1. The third kappa shape index (κ3) is 2.48. The van der Waals surface area contributed by atoms with Crippen LogP contribution in [-0.4, -0.2) is 28.2 Å². The monoisotopic (exact) mass is 345 g/mol. The lowest BCUT2D eigenvalue weighted by molar-refractivity contribution is 0.415. The van der Waals surface area contributed by atoms with Crippen molar-refractivity contribution in [3.05, 3.63) is 59.9 Å². The van der Waals surface area contributed by atoms with Gasteiger partial charge in [0.1, 0.15) is 11.7 Å². The first-order chi connectivity index (χ1) is 12.7. The molecule has 0 radical (unpaired) electrons. The topological polar surface area (TPSA) is 108 Å². The van der Waals surface area contributed by atoms with E-state index >= 15 is 0 Å². The lowest BCUT2D eigenvalue weighted by Gasteiger charge is -2.27. The Kier molecular flexibility index (Phi) is 3.86. The van der Waals surface area contributed by atoms with Gasteiger partial charge in [0.25, 0.3) is 0 Å². The number of fused-ring (bicyclic) bond motifs is 1. The summed E-state index contributed by atoms with van der Waals surface area (Å²) in [5.41, 5.74) is 3.24. The first kappa shape index (κ1) is 15.8. The van der Waals surface area contributed by atoms with E-state index in [9.17, 15) is 5.26 Å². The molecule has 1 aromatic carbocycles. The Morgan fingerprint density at radius 1 is 1.27 bits per heavy atom. The number of ether oxygens (including phenoxy) is 2. The highest BCUT2D eigenvalue weighted by atomic mass is 16.5. The molecule has 0 spiro atoms. The smallest absolute Gasteiger partial charge is 0.244 e. The molecule has 1 aliphatic heterocycles. The average Bonchev–Trinajstić information content (AvgIpc) is 3.11. The Morgan fingerprint density at radius 3 is 2.73 bits per heavy atom. The van der Waals surface area contributed by atoms with Gasteiger partial charge in [-0.15, -0.1) is 5.10 Å². The molecule has 7 heteroatoms. The van der Waals surface area contributed by atoms with Crippen molar-refractivity contribution >= 4 is 5.90 Å². The van der Waals surface area contributed by atoms with Crippen LogP contribution in [0, 0.1) is 22.7 Å². The first-order valence-electron chi connectivity index (χ1n) is 8.01. The minimum absolute atomic E-state index is 0.110. The van der Waals surface area contributed by atoms with E-state index in [0.717, 1.165) is 28.1 Å². The average molecular weight is 345 g/mol. The van der Waals surface area contributed by atoms with E-state index in [0.29, 0.717) is 5.88 Å². The molecule has 3 aromatic rings. The molecule has 2 N–H and O–H groups in total. The molecule has 0 saturated carbocycles. The summed E-state index contributed by atoms with van der Waals surface area (Å²) in [7, 11) is 1.61. The SMILES string of the molecule is COc1ccc(-c2[nH]nc3c2C(c2cccnc2)C(C#N)C(=N)O3)cc1. The van der Waals surface area contributed by atoms with Crippen molar-refractivity contribution in [3.8, 4) is 29.0 Å². The molecule has 4 rings (SSSR count). The molecule has 0 fully saturated rings. The van der Waals surface area contributed by atoms with Crippen LogP contribution >= 0.6 is 0 Å². The summed E-state index contributed by atoms with van der Waals surface area (Å²) in [4.78, 5) is 4.17. The predicted octanol–water partition coefficient (Wildman–Crippen LogP) is 3.12. The highest BCUT2D eigenvalue weighted by Crippen LogP contribution is 2.45. The number of nitriles is 1. The summed E-state index contributed by atoms with van der Waals surface area (Å²) < 4.78 is 10.7. The van der Waals surface area contributed by atoms with Crippen molar-refractivity contribution in [1.29, 1.82) is 10.7 Å². The number of rotatable bonds is 3. The molecule has 0 aliphatic carbocycles. The van der Waals surface area contributed by atoms with Crippen LogP contribution in [0.3, 0.4) is 0 Å². The molecule has 1 aliphatic rings. The Hall–Kier alpha value is -3.66. The number of hydrogen-bond donors (Lipinski definition) is 2. The number of nitrogens with one attached hydrogen (secondary N) is 2. The first-order valence-corrected chi connectivity index (χ1v) is 8.01. The minimum atomic E-state index is -0.749. The maximum Gasteiger partial charge on any atom is 0.244 e. The normalized spacial score (nSPS) is 18.5. The molecule has 0 saturated heterocycles. The molecule has 26 heavy (non-hydrogen) atoms. The second-order valence-corrected chi connectivity index (χ2v) is 5.88. The van der Waals surface area contributed by atoms with Gasteiger partial charge in [-0.25, -0.2) is 0 Å². The van der Waals surface area contributed by atoms with Crippen LogP contribution in [0.25, 0.3) is 11.3 Å². The van der Waals surface area contributed by atoms with E-state index in [4.69, 9.17) is 14.9 Å². The number of aromatic amines is 1. The molecule has 2 aromatic heterocycles. The van der Waals surface area contributed by atoms with Gasteiger partial charge in [0.2, 0.25) is 11.8 Å². The van der Waals surface area contributed by atoms with E-state index in [2.05, 4.69) is 21.3 Å². The van der Waals surface area contributed by atoms with Crippen LogP contribution in [0.5, 0.6) is 11.6 Å². The van der Waals surface area contributed by atoms with E-state index in [-0.39, 0.29) is 11.8 Å². The van der Waals surface area contributed by atoms with E-state index in [1.54, 1.807) is 19.5 Å². The molecule has 7 nitrogen and oxygen atoms in total. The maximum atomic E-state index is 9.65. The number of aromatic nitrogens is 3. The Bertz CT molecular complexity index is 989. The Morgan fingerprint density at radius 2 is 2.08 bits per heavy atom. The van der Waals surface area contributed by atoms with Gasteiger partial charge in [-0.2, -0.15) is 5.26 Å². The number of pyridine rings is 1. The van der Waals surface area contributed by atoms with Gasteiger partial charge in [0.15, 0.2) is 0 Å². The van der Waals surface area contributed by atoms with Crippen molar-refractivity contribution in [2.45, 2.75) is 5.92 Å². The number of hydrogen-bond acceptors (Lipinski definition) is 6. The summed E-state index contributed by atoms with van der Waals surface area (Å²) in [5, 5.41) is 24.9. The van der Waals surface area contributed by atoms with Crippen molar-refractivity contribution in [2.75, 3.05) is 7.11 Å². The second-order valence-electron chi connectivity index (χ2n) is 5.88. The van der Waals surface area contributed by atoms with Gasteiger partial charge in [0.05, 0.1) is 24.4 Å². The fraction of sp³-hybridized carbons (Fsp3) is 0.158. The molecule has 128 valence electrons. The van der Waals surface area contributed by atoms with E-state index in [1.807, 2.05) is 36.4 Å². The van der Waals surface area contributed by atoms with Crippen molar-refractivity contribution in [1.82, 2.24) is 15.2 Å². The highest BCUT2D eigenvalue weighted by Gasteiger charge is 2.40. The molecule has 0 amide bonds. The summed E-state index contributed by atoms with van der Waals surface area (Å²) >= 11 is 0. The zero-order chi connectivity index (χ0) is 18.1. The molecular formula is C19H15N5O2. The van der Waals surface area contributed by atoms with E-state index in [1.165, 1.54) is 0 Å². The predicted molar refractivity (Wildman–Crippen MR) is 94.1 cm³/mol. The van der Waals surface area contributed by atoms with E-state index < -0.39 is 5.92 Å². The summed E-state index contributed by atoms with van der Waals surface area (Å²) in [6.07, 6.45) is 3.39. The standard InChI is InChI=1S/C19H15N5O2/c1-25-13-6-4-11(5-7-13)17-16-15(12-3-2-8-22-10-12)14(9-20)18(21)26-19(16)24-23-17/h2-8,10,14-15,21H,1H3,(H,23,24). The number of nitrogens with zero attached hydrogens (tertiary/aromatic N) is 3. The molecule has 2 unspecified atom stereocenters. The summed E-state index contributed by atoms with van der Waals surface area (Å²) in [5.74, 6) is -0.177. The lowest BCUT2D eigenvalue weighted by atomic mass is 9.79. The molecule has 0 bridgehead atoms. The van der Waals surface area contributed by atoms with Crippen LogP contribution in [0.1, 0.15) is 17.0 Å². The number of H-pyrrole nitrogens is 1. The summed E-state index contributed by atoms with van der Waals surface area (Å²) in [6, 6.07) is 13.4. The molecule has 3 heterocycles. The number of benzene rings is 1. The van der Waals surface area contributed by atoms with Gasteiger partial charge in [0, 0.05) is 23.9 Å². The van der Waals surface area contributed by atoms with Crippen molar-refractivity contribution < 1.29 is 9.47 Å². The third-order valence-corrected chi connectivity index (χ3v) is 4.46. The minimum Gasteiger partial charge on any atom is -0.497 e.